The van der Waals surface area contributed by atoms with Crippen LogP contribution >= 0.6 is 23.2 Å². The number of aryl methyl sites for hydroxylation is 1. The van der Waals surface area contributed by atoms with Gasteiger partial charge in [0.2, 0.25) is 0 Å². The lowest BCUT2D eigenvalue weighted by molar-refractivity contribution is 0.216. The van der Waals surface area contributed by atoms with Crippen molar-refractivity contribution in [3.63, 3.8) is 0 Å². The maximum Gasteiger partial charge on any atom is 0.162 e. The van der Waals surface area contributed by atoms with Gasteiger partial charge < -0.3 is 20.1 Å². The van der Waals surface area contributed by atoms with Gasteiger partial charge in [0.05, 0.1) is 39.5 Å². The Morgan fingerprint density at radius 2 is 1.95 bits per heavy atom. The number of nitrogens with zero attached hydrogens (tertiary/aromatic N) is 7. The normalized spacial score (nSPS) is 17.4. The molecule has 0 spiro atoms. The SMILES string of the molecule is COc1cc2[nH]nc(-c3cnc(N4CC[C@](N)(c5ccn(C)n5)C4)c(C#N)c3)c2cc1O[C@H](C)c1c(Cl)cncc1Cl. The highest BCUT2D eigenvalue weighted by molar-refractivity contribution is 6.35. The minimum atomic E-state index is -0.621. The number of nitrogens with one attached hydrogen (secondary N) is 1. The van der Waals surface area contributed by atoms with Crippen molar-refractivity contribution in [2.75, 3.05) is 25.1 Å². The van der Waals surface area contributed by atoms with E-state index < -0.39 is 11.6 Å². The molecule has 1 fully saturated rings. The summed E-state index contributed by atoms with van der Waals surface area (Å²) in [6.45, 7) is 3.00. The number of rotatable bonds is 7. The van der Waals surface area contributed by atoms with E-state index in [1.165, 1.54) is 12.4 Å². The van der Waals surface area contributed by atoms with E-state index in [1.54, 1.807) is 30.1 Å². The van der Waals surface area contributed by atoms with Crippen LogP contribution in [0.1, 0.15) is 36.3 Å². The van der Waals surface area contributed by atoms with Crippen LogP contribution in [0.25, 0.3) is 22.2 Å². The van der Waals surface area contributed by atoms with Gasteiger partial charge in [-0.25, -0.2) is 4.98 Å². The Labute approximate surface area is 251 Å². The number of nitriles is 1. The van der Waals surface area contributed by atoms with Crippen LogP contribution in [0.15, 0.2) is 49.1 Å². The number of H-pyrrole nitrogens is 1. The van der Waals surface area contributed by atoms with Gasteiger partial charge in [-0.15, -0.1) is 0 Å². The van der Waals surface area contributed by atoms with E-state index in [4.69, 9.17) is 43.4 Å². The van der Waals surface area contributed by atoms with E-state index in [0.717, 1.165) is 16.6 Å². The highest BCUT2D eigenvalue weighted by Crippen LogP contribution is 2.40. The fourth-order valence-corrected chi connectivity index (χ4v) is 6.05. The number of methoxy groups -OCH3 is 1. The molecule has 1 aliphatic rings. The predicted octanol–water partition coefficient (Wildman–Crippen LogP) is 5.14. The van der Waals surface area contributed by atoms with Crippen molar-refractivity contribution in [2.24, 2.45) is 12.8 Å². The second-order valence-electron chi connectivity index (χ2n) is 10.3. The average molecular weight is 605 g/mol. The zero-order valence-electron chi connectivity index (χ0n) is 23.1. The van der Waals surface area contributed by atoms with Gasteiger partial charge >= 0.3 is 0 Å². The molecule has 0 unspecified atom stereocenters. The first-order chi connectivity index (χ1) is 20.2. The van der Waals surface area contributed by atoms with Crippen molar-refractivity contribution < 1.29 is 9.47 Å². The number of hydrogen-bond acceptors (Lipinski definition) is 9. The topological polar surface area (TPSA) is 144 Å². The Bertz CT molecular complexity index is 1830. The summed E-state index contributed by atoms with van der Waals surface area (Å²) in [5.74, 6) is 1.55. The summed E-state index contributed by atoms with van der Waals surface area (Å²) in [5.41, 5.74) is 9.99. The molecule has 4 aromatic heterocycles. The van der Waals surface area contributed by atoms with Crippen molar-refractivity contribution >= 4 is 39.9 Å². The molecular weight excluding hydrogens is 577 g/mol. The smallest absolute Gasteiger partial charge is 0.162 e. The van der Waals surface area contributed by atoms with Crippen molar-refractivity contribution in [3.8, 4) is 28.8 Å². The van der Waals surface area contributed by atoms with Crippen LogP contribution in [0.5, 0.6) is 11.5 Å². The van der Waals surface area contributed by atoms with Gasteiger partial charge in [-0.05, 0) is 31.5 Å². The summed E-state index contributed by atoms with van der Waals surface area (Å²) < 4.78 is 13.6. The third kappa shape index (κ3) is 4.87. The predicted molar refractivity (Wildman–Crippen MR) is 160 cm³/mol. The molecule has 0 saturated carbocycles. The number of hydrogen-bond donors (Lipinski definition) is 2. The Hall–Kier alpha value is -4.37. The van der Waals surface area contributed by atoms with E-state index in [0.29, 0.717) is 69.3 Å². The van der Waals surface area contributed by atoms with E-state index in [2.05, 4.69) is 26.3 Å². The number of benzene rings is 1. The van der Waals surface area contributed by atoms with Crippen LogP contribution in [0.4, 0.5) is 5.82 Å². The fraction of sp³-hybridized carbons (Fsp3) is 0.276. The largest absolute Gasteiger partial charge is 0.493 e. The van der Waals surface area contributed by atoms with E-state index in [1.807, 2.05) is 37.2 Å². The molecule has 214 valence electrons. The third-order valence-electron chi connectivity index (χ3n) is 7.53. The second kappa shape index (κ2) is 10.8. The highest BCUT2D eigenvalue weighted by atomic mass is 35.5. The molecule has 0 radical (unpaired) electrons. The lowest BCUT2D eigenvalue weighted by Crippen LogP contribution is -2.40. The van der Waals surface area contributed by atoms with Crippen molar-refractivity contribution in [1.29, 1.82) is 5.26 Å². The van der Waals surface area contributed by atoms with Crippen LogP contribution in [-0.2, 0) is 12.6 Å². The molecule has 1 aromatic carbocycles. The molecule has 1 aliphatic heterocycles. The van der Waals surface area contributed by atoms with Gasteiger partial charge in [0.25, 0.3) is 0 Å². The number of aromatic amines is 1. The first-order valence-corrected chi connectivity index (χ1v) is 13.9. The maximum atomic E-state index is 10.1. The molecule has 42 heavy (non-hydrogen) atoms. The van der Waals surface area contributed by atoms with Crippen molar-refractivity contribution in [3.05, 3.63) is 75.9 Å². The van der Waals surface area contributed by atoms with Crippen LogP contribution in [-0.4, -0.2) is 50.1 Å². The lowest BCUT2D eigenvalue weighted by Gasteiger charge is -2.24. The van der Waals surface area contributed by atoms with Gasteiger partial charge in [0.15, 0.2) is 11.5 Å². The molecule has 13 heteroatoms. The fourth-order valence-electron chi connectivity index (χ4n) is 5.38. The first-order valence-electron chi connectivity index (χ1n) is 13.2. The van der Waals surface area contributed by atoms with Gasteiger partial charge in [0, 0.05) is 67.5 Å². The number of pyridine rings is 2. The summed E-state index contributed by atoms with van der Waals surface area (Å²) >= 11 is 12.7. The standard InChI is InChI=1S/C29H27Cl2N9O2/c1-16(26-20(30)13-34-14-21(26)31)42-24-9-19-22(10-23(24)41-3)36-37-27(19)18-8-17(11-32)28(35-12-18)40-7-5-29(33,15-40)25-4-6-39(2)38-25/h4,6,8-10,12-14,16H,5,7,15,33H2,1-3H3,(H,36,37)/t16-,29-/m1/s1. The number of aromatic nitrogens is 6. The monoisotopic (exact) mass is 603 g/mol. The Morgan fingerprint density at radius 1 is 1.17 bits per heavy atom. The van der Waals surface area contributed by atoms with Gasteiger partial charge in [0.1, 0.15) is 23.7 Å². The molecule has 6 rings (SSSR count). The minimum Gasteiger partial charge on any atom is -0.493 e. The summed E-state index contributed by atoms with van der Waals surface area (Å²) in [4.78, 5) is 10.8. The Morgan fingerprint density at radius 3 is 2.64 bits per heavy atom. The molecule has 2 atom stereocenters. The zero-order valence-corrected chi connectivity index (χ0v) is 24.6. The summed E-state index contributed by atoms with van der Waals surface area (Å²) in [5, 5.41) is 23.7. The number of nitrogens with two attached hydrogens (primary N) is 1. The van der Waals surface area contributed by atoms with Gasteiger partial charge in [-0.3, -0.25) is 14.8 Å². The van der Waals surface area contributed by atoms with Crippen LogP contribution in [0.3, 0.4) is 0 Å². The third-order valence-corrected chi connectivity index (χ3v) is 8.13. The van der Waals surface area contributed by atoms with Crippen LogP contribution < -0.4 is 20.1 Å². The number of fused-ring (bicyclic) bond motifs is 1. The summed E-state index contributed by atoms with van der Waals surface area (Å²) in [6.07, 6.45) is 6.84. The molecule has 0 aliphatic carbocycles. The van der Waals surface area contributed by atoms with E-state index in [-0.39, 0.29) is 0 Å². The van der Waals surface area contributed by atoms with E-state index in [9.17, 15) is 5.26 Å². The van der Waals surface area contributed by atoms with E-state index >= 15 is 0 Å². The summed E-state index contributed by atoms with van der Waals surface area (Å²) in [7, 11) is 3.43. The molecule has 5 heterocycles. The first kappa shape index (κ1) is 27.8. The highest BCUT2D eigenvalue weighted by Gasteiger charge is 2.39. The van der Waals surface area contributed by atoms with Gasteiger partial charge in [-0.1, -0.05) is 23.2 Å². The molecule has 0 bridgehead atoms. The van der Waals surface area contributed by atoms with Crippen molar-refractivity contribution in [1.82, 2.24) is 29.9 Å². The Kier molecular flexibility index (Phi) is 7.14. The molecular formula is C29H27Cl2N9O2. The minimum absolute atomic E-state index is 0.402. The molecule has 3 N–H and O–H groups in total. The maximum absolute atomic E-state index is 10.1. The molecule has 5 aromatic rings. The Balaban J connectivity index is 1.32. The quantitative estimate of drug-likeness (QED) is 0.258. The number of ether oxygens (including phenoxy) is 2. The average Bonchev–Trinajstić information content (AvgIpc) is 3.71. The summed E-state index contributed by atoms with van der Waals surface area (Å²) in [6, 6.07) is 9.67. The second-order valence-corrected chi connectivity index (χ2v) is 11.1. The van der Waals surface area contributed by atoms with Crippen molar-refractivity contribution in [2.45, 2.75) is 25.0 Å². The van der Waals surface area contributed by atoms with Crippen LogP contribution in [0, 0.1) is 11.3 Å². The molecule has 1 saturated heterocycles. The number of halogens is 2. The molecule has 0 amide bonds. The lowest BCUT2D eigenvalue weighted by atomic mass is 9.96. The van der Waals surface area contributed by atoms with Gasteiger partial charge in [-0.2, -0.15) is 15.5 Å². The number of anilines is 1. The van der Waals surface area contributed by atoms with Crippen LogP contribution in [0.2, 0.25) is 10.0 Å². The molecule has 11 nitrogen and oxygen atoms in total. The zero-order chi connectivity index (χ0) is 29.6.